The van der Waals surface area contributed by atoms with Gasteiger partial charge < -0.3 is 10.6 Å². The lowest BCUT2D eigenvalue weighted by molar-refractivity contribution is 0.644. The molecular weight excluding hydrogens is 238 g/mol. The van der Waals surface area contributed by atoms with Crippen molar-refractivity contribution in [3.8, 4) is 0 Å². The van der Waals surface area contributed by atoms with Crippen molar-refractivity contribution in [2.45, 2.75) is 31.6 Å². The zero-order valence-electron chi connectivity index (χ0n) is 10.1. The molecule has 5 heteroatoms. The molecule has 2 rings (SSSR count). The number of hydrogen-bond donors (Lipinski definition) is 1. The number of anilines is 1. The molecule has 1 aromatic rings. The van der Waals surface area contributed by atoms with Crippen LogP contribution >= 0.6 is 23.1 Å². The fraction of sp³-hybridized carbons (Fsp3) is 0.727. The van der Waals surface area contributed by atoms with E-state index in [9.17, 15) is 0 Å². The van der Waals surface area contributed by atoms with E-state index in [2.05, 4.69) is 29.1 Å². The highest BCUT2D eigenvalue weighted by Gasteiger charge is 2.28. The van der Waals surface area contributed by atoms with Gasteiger partial charge in [0.1, 0.15) is 0 Å². The largest absolute Gasteiger partial charge is 0.346 e. The number of thiazole rings is 1. The number of aromatic nitrogens is 1. The molecule has 90 valence electrons. The molecule has 1 atom stereocenters. The molecule has 2 heterocycles. The monoisotopic (exact) mass is 257 g/mol. The molecule has 1 saturated heterocycles. The van der Waals surface area contributed by atoms with Crippen molar-refractivity contribution in [2.24, 2.45) is 5.73 Å². The maximum absolute atomic E-state index is 5.83. The predicted octanol–water partition coefficient (Wildman–Crippen LogP) is 2.49. The van der Waals surface area contributed by atoms with Gasteiger partial charge in [0.05, 0.1) is 5.69 Å². The minimum atomic E-state index is 0.0391. The quantitative estimate of drug-likeness (QED) is 0.884. The molecule has 0 saturated carbocycles. The lowest BCUT2D eigenvalue weighted by Gasteiger charge is -2.37. The van der Waals surface area contributed by atoms with E-state index < -0.39 is 0 Å². The summed E-state index contributed by atoms with van der Waals surface area (Å²) in [7, 11) is 0. The summed E-state index contributed by atoms with van der Waals surface area (Å²) in [6.45, 7) is 8.74. The Morgan fingerprint density at radius 1 is 1.56 bits per heavy atom. The first kappa shape index (κ1) is 12.2. The van der Waals surface area contributed by atoms with Gasteiger partial charge in [-0.05, 0) is 20.8 Å². The highest BCUT2D eigenvalue weighted by atomic mass is 32.2. The van der Waals surface area contributed by atoms with Crippen LogP contribution in [0.15, 0.2) is 5.38 Å². The van der Waals surface area contributed by atoms with Gasteiger partial charge in [-0.3, -0.25) is 0 Å². The Bertz CT molecular complexity index is 360. The van der Waals surface area contributed by atoms with Gasteiger partial charge in [-0.25, -0.2) is 4.98 Å². The van der Waals surface area contributed by atoms with Gasteiger partial charge in [0.25, 0.3) is 0 Å². The normalized spacial score (nSPS) is 22.1. The first-order valence-electron chi connectivity index (χ1n) is 5.58. The van der Waals surface area contributed by atoms with Gasteiger partial charge in [0.2, 0.25) is 0 Å². The first-order chi connectivity index (χ1) is 7.48. The van der Waals surface area contributed by atoms with Gasteiger partial charge in [0.15, 0.2) is 5.13 Å². The Kier molecular flexibility index (Phi) is 3.47. The van der Waals surface area contributed by atoms with Gasteiger partial charge >= 0.3 is 0 Å². The SMILES string of the molecule is CC(N)c1csc(N2CCSC(C)(C)C2)n1. The van der Waals surface area contributed by atoms with E-state index in [0.29, 0.717) is 4.75 Å². The van der Waals surface area contributed by atoms with E-state index in [4.69, 9.17) is 5.73 Å². The smallest absolute Gasteiger partial charge is 0.185 e. The molecule has 1 aromatic heterocycles. The predicted molar refractivity (Wildman–Crippen MR) is 73.5 cm³/mol. The lowest BCUT2D eigenvalue weighted by atomic mass is 10.2. The van der Waals surface area contributed by atoms with Crippen molar-refractivity contribution in [3.63, 3.8) is 0 Å². The second-order valence-corrected chi connectivity index (χ2v) is 7.51. The molecule has 0 amide bonds. The molecule has 0 aromatic carbocycles. The molecule has 1 aliphatic rings. The highest BCUT2D eigenvalue weighted by molar-refractivity contribution is 8.00. The Balaban J connectivity index is 2.11. The molecule has 3 nitrogen and oxygen atoms in total. The molecule has 0 aliphatic carbocycles. The molecule has 1 aliphatic heterocycles. The summed E-state index contributed by atoms with van der Waals surface area (Å²) in [6.07, 6.45) is 0. The Hall–Kier alpha value is -0.260. The third kappa shape index (κ3) is 2.70. The number of hydrogen-bond acceptors (Lipinski definition) is 5. The summed E-state index contributed by atoms with van der Waals surface area (Å²) < 4.78 is 0.332. The highest BCUT2D eigenvalue weighted by Crippen LogP contribution is 2.33. The van der Waals surface area contributed by atoms with E-state index in [0.717, 1.165) is 23.9 Å². The molecule has 2 N–H and O–H groups in total. The molecular formula is C11H19N3S2. The van der Waals surface area contributed by atoms with Crippen LogP contribution in [0.4, 0.5) is 5.13 Å². The van der Waals surface area contributed by atoms with E-state index >= 15 is 0 Å². The Morgan fingerprint density at radius 3 is 2.88 bits per heavy atom. The number of thioether (sulfide) groups is 1. The van der Waals surface area contributed by atoms with Crippen LogP contribution in [0, 0.1) is 0 Å². The first-order valence-corrected chi connectivity index (χ1v) is 7.44. The molecule has 0 spiro atoms. The third-order valence-electron chi connectivity index (χ3n) is 2.67. The van der Waals surface area contributed by atoms with Crippen LogP contribution in [-0.2, 0) is 0 Å². The Labute approximate surface area is 105 Å². The standard InChI is InChI=1S/C11H19N3S2/c1-8(12)9-6-15-10(13-9)14-4-5-16-11(2,3)7-14/h6,8H,4-5,7,12H2,1-3H3. The van der Waals surface area contributed by atoms with Crippen molar-refractivity contribution in [1.82, 2.24) is 4.98 Å². The fourth-order valence-corrected chi connectivity index (χ4v) is 3.88. The maximum atomic E-state index is 5.83. The van der Waals surface area contributed by atoms with E-state index in [-0.39, 0.29) is 6.04 Å². The average Bonchev–Trinajstić information content (AvgIpc) is 2.64. The van der Waals surface area contributed by atoms with Crippen LogP contribution in [-0.4, -0.2) is 28.6 Å². The summed E-state index contributed by atoms with van der Waals surface area (Å²) in [5.41, 5.74) is 6.84. The fourth-order valence-electron chi connectivity index (χ4n) is 1.81. The van der Waals surface area contributed by atoms with E-state index in [1.54, 1.807) is 11.3 Å². The number of nitrogens with zero attached hydrogens (tertiary/aromatic N) is 2. The van der Waals surface area contributed by atoms with Gasteiger partial charge in [-0.15, -0.1) is 11.3 Å². The molecule has 16 heavy (non-hydrogen) atoms. The van der Waals surface area contributed by atoms with Gasteiger partial charge in [0, 0.05) is 35.0 Å². The summed E-state index contributed by atoms with van der Waals surface area (Å²) in [6, 6.07) is 0.0391. The molecule has 1 unspecified atom stereocenters. The maximum Gasteiger partial charge on any atom is 0.185 e. The zero-order valence-corrected chi connectivity index (χ0v) is 11.7. The third-order valence-corrected chi connectivity index (χ3v) is 4.89. The molecule has 0 bridgehead atoms. The number of rotatable bonds is 2. The van der Waals surface area contributed by atoms with Crippen LogP contribution in [0.25, 0.3) is 0 Å². The molecule has 1 fully saturated rings. The topological polar surface area (TPSA) is 42.1 Å². The second-order valence-electron chi connectivity index (χ2n) is 4.87. The van der Waals surface area contributed by atoms with Crippen LogP contribution in [0.2, 0.25) is 0 Å². The van der Waals surface area contributed by atoms with Crippen LogP contribution in [0.3, 0.4) is 0 Å². The minimum Gasteiger partial charge on any atom is -0.346 e. The van der Waals surface area contributed by atoms with Crippen molar-refractivity contribution >= 4 is 28.2 Å². The minimum absolute atomic E-state index is 0.0391. The van der Waals surface area contributed by atoms with Crippen LogP contribution in [0.5, 0.6) is 0 Å². The van der Waals surface area contributed by atoms with E-state index in [1.807, 2.05) is 18.7 Å². The van der Waals surface area contributed by atoms with Crippen molar-refractivity contribution in [3.05, 3.63) is 11.1 Å². The van der Waals surface area contributed by atoms with Crippen LogP contribution in [0.1, 0.15) is 32.5 Å². The molecule has 0 radical (unpaired) electrons. The summed E-state index contributed by atoms with van der Waals surface area (Å²) in [5.74, 6) is 1.18. The number of nitrogens with two attached hydrogens (primary N) is 1. The van der Waals surface area contributed by atoms with Crippen LogP contribution < -0.4 is 10.6 Å². The summed E-state index contributed by atoms with van der Waals surface area (Å²) >= 11 is 3.75. The Morgan fingerprint density at radius 2 is 2.31 bits per heavy atom. The van der Waals surface area contributed by atoms with Crippen molar-refractivity contribution < 1.29 is 0 Å². The summed E-state index contributed by atoms with van der Waals surface area (Å²) in [4.78, 5) is 6.99. The van der Waals surface area contributed by atoms with E-state index in [1.165, 1.54) is 5.75 Å². The van der Waals surface area contributed by atoms with Crippen molar-refractivity contribution in [2.75, 3.05) is 23.7 Å². The van der Waals surface area contributed by atoms with Gasteiger partial charge in [-0.1, -0.05) is 0 Å². The second kappa shape index (κ2) is 4.55. The summed E-state index contributed by atoms with van der Waals surface area (Å²) in [5, 5.41) is 3.20. The zero-order chi connectivity index (χ0) is 11.8. The van der Waals surface area contributed by atoms with Crippen molar-refractivity contribution in [1.29, 1.82) is 0 Å². The average molecular weight is 257 g/mol. The lowest BCUT2D eigenvalue weighted by Crippen LogP contribution is -2.43. The van der Waals surface area contributed by atoms with Gasteiger partial charge in [-0.2, -0.15) is 11.8 Å².